The molecule has 270 valence electrons. The molecule has 53 heavy (non-hydrogen) atoms. The molecule has 6 aromatic rings. The molecule has 1 aliphatic rings. The van der Waals surface area contributed by atoms with E-state index in [1.54, 1.807) is 0 Å². The first-order valence-electron chi connectivity index (χ1n) is 19.1. The van der Waals surface area contributed by atoms with Gasteiger partial charge in [0.25, 0.3) is 0 Å². The highest BCUT2D eigenvalue weighted by Crippen LogP contribution is 2.55. The van der Waals surface area contributed by atoms with Crippen LogP contribution < -0.4 is 10.2 Å². The molecule has 0 fully saturated rings. The van der Waals surface area contributed by atoms with E-state index in [2.05, 4.69) is 203 Å². The number of aryl methyl sites for hydroxylation is 1. The Balaban J connectivity index is 0.000000394. The van der Waals surface area contributed by atoms with Crippen molar-refractivity contribution in [2.45, 2.75) is 66.8 Å². The molecule has 7 rings (SSSR count). The predicted octanol–water partition coefficient (Wildman–Crippen LogP) is 15.1. The van der Waals surface area contributed by atoms with E-state index < -0.39 is 0 Å². The second-order valence-corrected chi connectivity index (χ2v) is 14.2. The fraction of sp³-hybridized carbons (Fsp3) is 0.216. The number of para-hydroxylation sites is 1. The minimum absolute atomic E-state index is 0.0250. The molecule has 2 heteroatoms. The van der Waals surface area contributed by atoms with E-state index in [4.69, 9.17) is 0 Å². The first kappa shape index (κ1) is 38.6. The SMILES string of the molecule is C=C/C=C(\C=C/C)C(C)C.CC.Cc1c(Nc2ccc(-c3ccc(N4c5ccccc5C(C)(C)C4c4ccccc4)cc3)cc2)ccc2ccccc12. The van der Waals surface area contributed by atoms with Crippen molar-refractivity contribution in [1.82, 2.24) is 0 Å². The average Bonchev–Trinajstić information content (AvgIpc) is 3.44. The van der Waals surface area contributed by atoms with E-state index in [-0.39, 0.29) is 11.5 Å². The topological polar surface area (TPSA) is 15.3 Å². The number of benzene rings is 6. The van der Waals surface area contributed by atoms with Crippen LogP contribution in [0.25, 0.3) is 21.9 Å². The van der Waals surface area contributed by atoms with Gasteiger partial charge in [0.05, 0.1) is 6.04 Å². The number of nitrogens with zero attached hydrogens (tertiary/aromatic N) is 1. The number of anilines is 4. The van der Waals surface area contributed by atoms with Crippen molar-refractivity contribution < 1.29 is 0 Å². The van der Waals surface area contributed by atoms with Crippen LogP contribution in [-0.2, 0) is 5.41 Å². The number of hydrogen-bond acceptors (Lipinski definition) is 2. The molecule has 0 aromatic heterocycles. The standard InChI is InChI=1S/C39H34N2.C10H16.C2H6/c1-27-34-14-8-7-11-30(34)21-26-36(27)40-32-22-17-28(18-23-32)29-19-24-33(25-20-29)41-37-16-10-9-15-35(37)39(2,3)38(41)31-12-5-4-6-13-31;1-5-7-10(8-6-2)9(3)4;1-2/h4-26,38,40H,1-3H3;5-9H,1H2,2-4H3;1-2H3/b;8-6-,10-7+;. The lowest BCUT2D eigenvalue weighted by atomic mass is 9.77. The van der Waals surface area contributed by atoms with Gasteiger partial charge < -0.3 is 10.2 Å². The Morgan fingerprint density at radius 3 is 1.98 bits per heavy atom. The summed E-state index contributed by atoms with van der Waals surface area (Å²) in [6.07, 6.45) is 8.04. The van der Waals surface area contributed by atoms with Crippen molar-refractivity contribution in [3.05, 3.63) is 193 Å². The van der Waals surface area contributed by atoms with Gasteiger partial charge in [-0.15, -0.1) is 0 Å². The maximum Gasteiger partial charge on any atom is 0.0683 e. The van der Waals surface area contributed by atoms with Crippen LogP contribution in [0.2, 0.25) is 0 Å². The van der Waals surface area contributed by atoms with Crippen molar-refractivity contribution in [3.8, 4) is 11.1 Å². The number of rotatable bonds is 8. The number of hydrogen-bond donors (Lipinski definition) is 1. The van der Waals surface area contributed by atoms with Gasteiger partial charge in [0.15, 0.2) is 0 Å². The average molecular weight is 697 g/mol. The Bertz CT molecular complexity index is 2150. The molecule has 1 N–H and O–H groups in total. The molecule has 1 heterocycles. The van der Waals surface area contributed by atoms with E-state index in [0.717, 1.165) is 11.4 Å². The second-order valence-electron chi connectivity index (χ2n) is 14.2. The molecular formula is C51H56N2. The van der Waals surface area contributed by atoms with E-state index >= 15 is 0 Å². The lowest BCUT2D eigenvalue weighted by Gasteiger charge is -2.35. The predicted molar refractivity (Wildman–Crippen MR) is 234 cm³/mol. The fourth-order valence-electron chi connectivity index (χ4n) is 7.37. The molecule has 0 bridgehead atoms. The van der Waals surface area contributed by atoms with Gasteiger partial charge in [-0.05, 0) is 100 Å². The third-order valence-corrected chi connectivity index (χ3v) is 10.1. The Kier molecular flexibility index (Phi) is 12.9. The number of nitrogens with one attached hydrogen (secondary N) is 1. The summed E-state index contributed by atoms with van der Waals surface area (Å²) >= 11 is 0. The summed E-state index contributed by atoms with van der Waals surface area (Å²) in [6.45, 7) is 21.0. The summed E-state index contributed by atoms with van der Waals surface area (Å²) in [5, 5.41) is 6.17. The molecule has 6 aromatic carbocycles. The van der Waals surface area contributed by atoms with Crippen molar-refractivity contribution >= 4 is 33.5 Å². The molecule has 0 aliphatic carbocycles. The zero-order valence-electron chi connectivity index (χ0n) is 32.9. The summed E-state index contributed by atoms with van der Waals surface area (Å²) in [5.41, 5.74) is 12.5. The van der Waals surface area contributed by atoms with Gasteiger partial charge in [-0.1, -0.05) is 176 Å². The monoisotopic (exact) mass is 696 g/mol. The number of allylic oxidation sites excluding steroid dienone is 5. The van der Waals surface area contributed by atoms with E-state index in [1.165, 1.54) is 55.5 Å². The lowest BCUT2D eigenvalue weighted by molar-refractivity contribution is 0.449. The smallest absolute Gasteiger partial charge is 0.0683 e. The van der Waals surface area contributed by atoms with Crippen LogP contribution in [0.15, 0.2) is 176 Å². The van der Waals surface area contributed by atoms with Gasteiger partial charge in [0.2, 0.25) is 0 Å². The van der Waals surface area contributed by atoms with E-state index in [9.17, 15) is 0 Å². The molecule has 1 atom stereocenters. The maximum atomic E-state index is 3.65. The Morgan fingerprint density at radius 2 is 1.34 bits per heavy atom. The van der Waals surface area contributed by atoms with Crippen LogP contribution in [0.3, 0.4) is 0 Å². The van der Waals surface area contributed by atoms with Crippen LogP contribution in [0.1, 0.15) is 71.2 Å². The van der Waals surface area contributed by atoms with Gasteiger partial charge in [-0.2, -0.15) is 0 Å². The third kappa shape index (κ3) is 8.56. The van der Waals surface area contributed by atoms with Gasteiger partial charge in [-0.3, -0.25) is 0 Å². The van der Waals surface area contributed by atoms with Crippen molar-refractivity contribution in [3.63, 3.8) is 0 Å². The minimum Gasteiger partial charge on any atom is -0.355 e. The summed E-state index contributed by atoms with van der Waals surface area (Å²) in [4.78, 5) is 2.52. The molecule has 0 saturated heterocycles. The van der Waals surface area contributed by atoms with Crippen molar-refractivity contribution in [2.24, 2.45) is 5.92 Å². The number of fused-ring (bicyclic) bond motifs is 2. The fourth-order valence-corrected chi connectivity index (χ4v) is 7.37. The highest BCUT2D eigenvalue weighted by molar-refractivity contribution is 5.90. The molecule has 0 spiro atoms. The molecule has 1 unspecified atom stereocenters. The third-order valence-electron chi connectivity index (χ3n) is 10.1. The summed E-state index contributed by atoms with van der Waals surface area (Å²) < 4.78 is 0. The van der Waals surface area contributed by atoms with E-state index in [1.807, 2.05) is 32.9 Å². The van der Waals surface area contributed by atoms with Crippen molar-refractivity contribution in [1.29, 1.82) is 0 Å². The maximum absolute atomic E-state index is 3.65. The lowest BCUT2D eigenvalue weighted by Crippen LogP contribution is -2.30. The van der Waals surface area contributed by atoms with Crippen LogP contribution in [-0.4, -0.2) is 0 Å². The summed E-state index contributed by atoms with van der Waals surface area (Å²) in [5.74, 6) is 0.592. The Hall–Kier alpha value is -5.60. The molecule has 0 amide bonds. The molecule has 2 nitrogen and oxygen atoms in total. The second kappa shape index (κ2) is 17.8. The summed E-state index contributed by atoms with van der Waals surface area (Å²) in [6, 6.07) is 50.7. The molecule has 0 saturated carbocycles. The first-order valence-corrected chi connectivity index (χ1v) is 19.1. The van der Waals surface area contributed by atoms with Crippen LogP contribution in [0.5, 0.6) is 0 Å². The first-order chi connectivity index (χ1) is 25.7. The quantitative estimate of drug-likeness (QED) is 0.159. The zero-order chi connectivity index (χ0) is 38.0. The van der Waals surface area contributed by atoms with Gasteiger partial charge >= 0.3 is 0 Å². The highest BCUT2D eigenvalue weighted by Gasteiger charge is 2.45. The molecular weight excluding hydrogens is 641 g/mol. The molecule has 1 aliphatic heterocycles. The van der Waals surface area contributed by atoms with Gasteiger partial charge in [0, 0.05) is 28.2 Å². The van der Waals surface area contributed by atoms with Gasteiger partial charge in [0.1, 0.15) is 0 Å². The van der Waals surface area contributed by atoms with Gasteiger partial charge in [-0.25, -0.2) is 0 Å². The van der Waals surface area contributed by atoms with E-state index in [0.29, 0.717) is 5.92 Å². The normalized spacial score (nSPS) is 14.6. The minimum atomic E-state index is -0.0250. The Labute approximate surface area is 319 Å². The summed E-state index contributed by atoms with van der Waals surface area (Å²) in [7, 11) is 0. The largest absolute Gasteiger partial charge is 0.355 e. The van der Waals surface area contributed by atoms with Crippen LogP contribution in [0, 0.1) is 12.8 Å². The van der Waals surface area contributed by atoms with Crippen molar-refractivity contribution in [2.75, 3.05) is 10.2 Å². The van der Waals surface area contributed by atoms with Crippen LogP contribution in [0.4, 0.5) is 22.7 Å². The van der Waals surface area contributed by atoms with Crippen LogP contribution >= 0.6 is 0 Å². The Morgan fingerprint density at radius 1 is 0.736 bits per heavy atom. The highest BCUT2D eigenvalue weighted by atomic mass is 15.2. The zero-order valence-corrected chi connectivity index (χ0v) is 32.9. The molecule has 0 radical (unpaired) electrons.